The fraction of sp³-hybridized carbons (Fsp3) is 0.278. The van der Waals surface area contributed by atoms with E-state index in [0.717, 1.165) is 46.8 Å². The van der Waals surface area contributed by atoms with Crippen LogP contribution in [0.5, 0.6) is 0 Å². The summed E-state index contributed by atoms with van der Waals surface area (Å²) in [6.07, 6.45) is 1.82. The van der Waals surface area contributed by atoms with Crippen molar-refractivity contribution in [3.63, 3.8) is 0 Å². The summed E-state index contributed by atoms with van der Waals surface area (Å²) in [5.41, 5.74) is 10.4. The van der Waals surface area contributed by atoms with Gasteiger partial charge < -0.3 is 10.6 Å². The van der Waals surface area contributed by atoms with Gasteiger partial charge in [-0.15, -0.1) is 0 Å². The van der Waals surface area contributed by atoms with Gasteiger partial charge in [-0.1, -0.05) is 6.07 Å². The molecule has 0 unspecified atom stereocenters. The Bertz CT molecular complexity index is 855. The van der Waals surface area contributed by atoms with Gasteiger partial charge in [-0.25, -0.2) is 4.98 Å². The molecule has 2 N–H and O–H groups in total. The molecule has 1 fully saturated rings. The van der Waals surface area contributed by atoms with E-state index >= 15 is 0 Å². The molecule has 0 aromatic carbocycles. The lowest BCUT2D eigenvalue weighted by atomic mass is 9.96. The number of fused-ring (bicyclic) bond motifs is 1. The third kappa shape index (κ3) is 2.69. The zero-order chi connectivity index (χ0) is 15.8. The van der Waals surface area contributed by atoms with Crippen LogP contribution in [0.25, 0.3) is 22.3 Å². The lowest BCUT2D eigenvalue weighted by molar-refractivity contribution is 0.187. The van der Waals surface area contributed by atoms with Crippen LogP contribution in [0.1, 0.15) is 17.3 Å². The number of hydrogen-bond donors (Lipinski definition) is 1. The zero-order valence-corrected chi connectivity index (χ0v) is 13.1. The van der Waals surface area contributed by atoms with Crippen molar-refractivity contribution in [1.82, 2.24) is 19.9 Å². The lowest BCUT2D eigenvalue weighted by Crippen LogP contribution is -2.42. The molecule has 5 nitrogen and oxygen atoms in total. The minimum atomic E-state index is 0.421. The standard InChI is InChI=1S/C18H19N5/c1-23-10-13(11-23)15-3-2-4-16(21-15)17-6-5-12-9-20-14(8-19)7-18(12)22-17/h2-7,9,13H,8,10-11,19H2,1H3. The molecule has 1 aliphatic rings. The van der Waals surface area contributed by atoms with E-state index in [1.54, 1.807) is 0 Å². The van der Waals surface area contributed by atoms with Gasteiger partial charge >= 0.3 is 0 Å². The first kappa shape index (κ1) is 14.2. The van der Waals surface area contributed by atoms with Gasteiger partial charge in [0.25, 0.3) is 0 Å². The number of hydrogen-bond acceptors (Lipinski definition) is 5. The van der Waals surface area contributed by atoms with Crippen LogP contribution in [0.15, 0.2) is 42.6 Å². The van der Waals surface area contributed by atoms with Gasteiger partial charge in [0.05, 0.1) is 22.6 Å². The minimum absolute atomic E-state index is 0.421. The fourth-order valence-electron chi connectivity index (χ4n) is 3.02. The lowest BCUT2D eigenvalue weighted by Gasteiger charge is -2.35. The Morgan fingerprint density at radius 3 is 2.74 bits per heavy atom. The summed E-state index contributed by atoms with van der Waals surface area (Å²) in [5.74, 6) is 0.536. The number of likely N-dealkylation sites (tertiary alicyclic amines) is 1. The summed E-state index contributed by atoms with van der Waals surface area (Å²) in [5, 5.41) is 1.02. The molecule has 0 aliphatic carbocycles. The summed E-state index contributed by atoms with van der Waals surface area (Å²) in [6.45, 7) is 2.57. The van der Waals surface area contributed by atoms with Crippen molar-refractivity contribution in [2.45, 2.75) is 12.5 Å². The van der Waals surface area contributed by atoms with Gasteiger partial charge in [0.1, 0.15) is 0 Å². The Morgan fingerprint density at radius 2 is 1.96 bits per heavy atom. The molecule has 0 spiro atoms. The van der Waals surface area contributed by atoms with E-state index in [1.165, 1.54) is 0 Å². The Morgan fingerprint density at radius 1 is 1.13 bits per heavy atom. The largest absolute Gasteiger partial charge is 0.325 e. The van der Waals surface area contributed by atoms with Gasteiger partial charge in [0.15, 0.2) is 0 Å². The van der Waals surface area contributed by atoms with E-state index in [0.29, 0.717) is 12.5 Å². The van der Waals surface area contributed by atoms with Crippen LogP contribution in [0.3, 0.4) is 0 Å². The second-order valence-electron chi connectivity index (χ2n) is 6.13. The first-order chi connectivity index (χ1) is 11.2. The summed E-state index contributed by atoms with van der Waals surface area (Å²) < 4.78 is 0. The minimum Gasteiger partial charge on any atom is -0.325 e. The highest BCUT2D eigenvalue weighted by molar-refractivity contribution is 5.80. The van der Waals surface area contributed by atoms with Crippen LogP contribution >= 0.6 is 0 Å². The van der Waals surface area contributed by atoms with Gasteiger partial charge in [0.2, 0.25) is 0 Å². The molecule has 0 amide bonds. The molecule has 0 radical (unpaired) electrons. The maximum Gasteiger partial charge on any atom is 0.0894 e. The number of rotatable bonds is 3. The van der Waals surface area contributed by atoms with Crippen molar-refractivity contribution in [3.8, 4) is 11.4 Å². The molecular formula is C18H19N5. The number of nitrogens with zero attached hydrogens (tertiary/aromatic N) is 4. The van der Waals surface area contributed by atoms with E-state index in [-0.39, 0.29) is 0 Å². The highest BCUT2D eigenvalue weighted by Gasteiger charge is 2.26. The molecule has 0 atom stereocenters. The summed E-state index contributed by atoms with van der Waals surface area (Å²) in [4.78, 5) is 16.2. The van der Waals surface area contributed by atoms with Gasteiger partial charge in [-0.2, -0.15) is 0 Å². The van der Waals surface area contributed by atoms with Crippen molar-refractivity contribution in [1.29, 1.82) is 0 Å². The summed E-state index contributed by atoms with van der Waals surface area (Å²) in [7, 11) is 2.13. The number of pyridine rings is 3. The maximum atomic E-state index is 5.67. The van der Waals surface area contributed by atoms with Crippen molar-refractivity contribution in [3.05, 3.63) is 54.0 Å². The number of likely N-dealkylation sites (N-methyl/N-ethyl adjacent to an activating group) is 1. The van der Waals surface area contributed by atoms with E-state index in [9.17, 15) is 0 Å². The molecule has 3 aromatic heterocycles. The Kier molecular flexibility index (Phi) is 3.52. The fourth-order valence-corrected chi connectivity index (χ4v) is 3.02. The quantitative estimate of drug-likeness (QED) is 0.803. The third-order valence-corrected chi connectivity index (χ3v) is 4.35. The van der Waals surface area contributed by atoms with E-state index in [1.807, 2.05) is 30.5 Å². The predicted octanol–water partition coefficient (Wildman–Crippen LogP) is 2.18. The average molecular weight is 305 g/mol. The number of aromatic nitrogens is 3. The molecule has 23 heavy (non-hydrogen) atoms. The summed E-state index contributed by atoms with van der Waals surface area (Å²) >= 11 is 0. The van der Waals surface area contributed by atoms with E-state index in [2.05, 4.69) is 29.1 Å². The predicted molar refractivity (Wildman–Crippen MR) is 90.9 cm³/mol. The normalized spacial score (nSPS) is 15.7. The van der Waals surface area contributed by atoms with Crippen LogP contribution in [0.4, 0.5) is 0 Å². The highest BCUT2D eigenvalue weighted by Crippen LogP contribution is 2.26. The van der Waals surface area contributed by atoms with E-state index in [4.69, 9.17) is 15.7 Å². The molecule has 0 saturated carbocycles. The van der Waals surface area contributed by atoms with Crippen molar-refractivity contribution >= 4 is 10.9 Å². The molecule has 3 aromatic rings. The zero-order valence-electron chi connectivity index (χ0n) is 13.1. The van der Waals surface area contributed by atoms with Crippen LogP contribution in [0, 0.1) is 0 Å². The van der Waals surface area contributed by atoms with Gasteiger partial charge in [-0.05, 0) is 37.4 Å². The van der Waals surface area contributed by atoms with Crippen LogP contribution in [0.2, 0.25) is 0 Å². The van der Waals surface area contributed by atoms with Gasteiger partial charge in [-0.3, -0.25) is 9.97 Å². The van der Waals surface area contributed by atoms with Crippen molar-refractivity contribution in [2.24, 2.45) is 5.73 Å². The Labute approximate surface area is 135 Å². The SMILES string of the molecule is CN1CC(c2cccc(-c3ccc4cnc(CN)cc4n3)n2)C1. The topological polar surface area (TPSA) is 67.9 Å². The second kappa shape index (κ2) is 5.68. The third-order valence-electron chi connectivity index (χ3n) is 4.35. The van der Waals surface area contributed by atoms with Crippen LogP contribution in [-0.4, -0.2) is 40.0 Å². The van der Waals surface area contributed by atoms with Crippen LogP contribution < -0.4 is 5.73 Å². The van der Waals surface area contributed by atoms with Crippen LogP contribution in [-0.2, 0) is 6.54 Å². The first-order valence-corrected chi connectivity index (χ1v) is 7.84. The highest BCUT2D eigenvalue weighted by atomic mass is 15.2. The summed E-state index contributed by atoms with van der Waals surface area (Å²) in [6, 6.07) is 12.2. The average Bonchev–Trinajstić information content (AvgIpc) is 2.58. The molecule has 4 heterocycles. The van der Waals surface area contributed by atoms with Crippen molar-refractivity contribution in [2.75, 3.05) is 20.1 Å². The monoisotopic (exact) mass is 305 g/mol. The molecule has 0 bridgehead atoms. The molecular weight excluding hydrogens is 286 g/mol. The van der Waals surface area contributed by atoms with E-state index < -0.39 is 0 Å². The molecule has 4 rings (SSSR count). The molecule has 1 aliphatic heterocycles. The maximum absolute atomic E-state index is 5.67. The Balaban J connectivity index is 1.72. The molecule has 116 valence electrons. The smallest absolute Gasteiger partial charge is 0.0894 e. The second-order valence-corrected chi connectivity index (χ2v) is 6.13. The Hall–Kier alpha value is -2.37. The van der Waals surface area contributed by atoms with Gasteiger partial charge in [0, 0.05) is 42.8 Å². The van der Waals surface area contributed by atoms with Crippen molar-refractivity contribution < 1.29 is 0 Å². The first-order valence-electron chi connectivity index (χ1n) is 7.84. The number of nitrogens with two attached hydrogens (primary N) is 1. The molecule has 1 saturated heterocycles. The molecule has 5 heteroatoms.